The molecular weight excluding hydrogens is 338 g/mol. The maximum atomic E-state index is 10.7. The van der Waals surface area contributed by atoms with Gasteiger partial charge in [0.15, 0.2) is 11.5 Å². The molecule has 0 aromatic heterocycles. The van der Waals surface area contributed by atoms with Crippen molar-refractivity contribution in [1.82, 2.24) is 10.2 Å². The molecule has 2 aromatic rings. The largest absolute Gasteiger partial charge is 0.504 e. The summed E-state index contributed by atoms with van der Waals surface area (Å²) in [7, 11) is 3.74. The summed E-state index contributed by atoms with van der Waals surface area (Å²) in [4.78, 5) is 7.54. The van der Waals surface area contributed by atoms with Gasteiger partial charge in [0.2, 0.25) is 0 Å². The number of hydrogen-bond donors (Lipinski definition) is 2. The van der Waals surface area contributed by atoms with Gasteiger partial charge < -0.3 is 14.7 Å². The van der Waals surface area contributed by atoms with Crippen molar-refractivity contribution < 1.29 is 9.84 Å². The van der Waals surface area contributed by atoms with Crippen molar-refractivity contribution in [2.75, 3.05) is 27.2 Å². The molecule has 4 rings (SSSR count). The first-order valence-electron chi connectivity index (χ1n) is 9.56. The summed E-state index contributed by atoms with van der Waals surface area (Å²) in [6.45, 7) is 2.02. The van der Waals surface area contributed by atoms with E-state index in [4.69, 9.17) is 9.73 Å². The fourth-order valence-electron chi connectivity index (χ4n) is 4.14. The van der Waals surface area contributed by atoms with Crippen LogP contribution >= 0.6 is 0 Å². The second-order valence-electron chi connectivity index (χ2n) is 7.56. The van der Waals surface area contributed by atoms with Crippen molar-refractivity contribution in [3.63, 3.8) is 0 Å². The Balaban J connectivity index is 1.74. The molecule has 1 unspecified atom stereocenters. The van der Waals surface area contributed by atoms with Crippen molar-refractivity contribution in [2.24, 2.45) is 4.99 Å². The molecule has 0 bridgehead atoms. The average molecular weight is 365 g/mol. The minimum absolute atomic E-state index is 0.00351. The summed E-state index contributed by atoms with van der Waals surface area (Å²) in [6.07, 6.45) is 2.66. The third kappa shape index (κ3) is 3.57. The van der Waals surface area contributed by atoms with E-state index in [1.54, 1.807) is 13.2 Å². The zero-order valence-corrected chi connectivity index (χ0v) is 16.0. The number of aliphatic imine (C=N–C) groups is 1. The normalized spacial score (nSPS) is 22.4. The summed E-state index contributed by atoms with van der Waals surface area (Å²) in [5, 5.41) is 14.5. The quantitative estimate of drug-likeness (QED) is 0.876. The summed E-state index contributed by atoms with van der Waals surface area (Å²) in [6, 6.07) is 16.1. The Morgan fingerprint density at radius 1 is 1.11 bits per heavy atom. The van der Waals surface area contributed by atoms with Crippen LogP contribution < -0.4 is 10.1 Å². The van der Waals surface area contributed by atoms with E-state index in [0.29, 0.717) is 5.75 Å². The van der Waals surface area contributed by atoms with E-state index >= 15 is 0 Å². The van der Waals surface area contributed by atoms with Crippen LogP contribution in [0.15, 0.2) is 53.5 Å². The predicted octanol–water partition coefficient (Wildman–Crippen LogP) is 3.35. The molecule has 0 amide bonds. The van der Waals surface area contributed by atoms with E-state index in [0.717, 1.165) is 49.2 Å². The van der Waals surface area contributed by atoms with Crippen LogP contribution in [0.2, 0.25) is 0 Å². The molecule has 1 spiro atoms. The Hall–Kier alpha value is -2.37. The molecular formula is C22H27N3O2. The summed E-state index contributed by atoms with van der Waals surface area (Å²) in [5.41, 5.74) is 2.85. The highest BCUT2D eigenvalue weighted by atomic mass is 16.5. The second kappa shape index (κ2) is 7.33. The molecule has 1 saturated heterocycles. The van der Waals surface area contributed by atoms with Crippen LogP contribution in [0.5, 0.6) is 11.5 Å². The molecule has 2 aliphatic rings. The lowest BCUT2D eigenvalue weighted by Gasteiger charge is -2.44. The first kappa shape index (κ1) is 18.0. The Kier molecular flexibility index (Phi) is 4.89. The molecule has 0 aliphatic carbocycles. The lowest BCUT2D eigenvalue weighted by atomic mass is 9.87. The number of piperidine rings is 1. The van der Waals surface area contributed by atoms with Gasteiger partial charge in [-0.05, 0) is 31.5 Å². The van der Waals surface area contributed by atoms with E-state index in [2.05, 4.69) is 41.5 Å². The van der Waals surface area contributed by atoms with E-state index in [1.807, 2.05) is 18.2 Å². The number of phenols is 1. The van der Waals surface area contributed by atoms with Gasteiger partial charge in [-0.15, -0.1) is 0 Å². The Bertz CT molecular complexity index is 827. The fourth-order valence-corrected chi connectivity index (χ4v) is 4.14. The number of ether oxygens (including phenoxy) is 1. The van der Waals surface area contributed by atoms with Gasteiger partial charge in [-0.25, -0.2) is 0 Å². The van der Waals surface area contributed by atoms with Crippen LogP contribution in [-0.2, 0) is 0 Å². The van der Waals surface area contributed by atoms with Crippen molar-refractivity contribution >= 4 is 5.71 Å². The van der Waals surface area contributed by atoms with Crippen LogP contribution in [-0.4, -0.2) is 48.6 Å². The van der Waals surface area contributed by atoms with Crippen LogP contribution in [0, 0.1) is 0 Å². The number of aromatic hydroxyl groups is 1. The van der Waals surface area contributed by atoms with Gasteiger partial charge in [0.05, 0.1) is 7.11 Å². The molecule has 2 aromatic carbocycles. The fraction of sp³-hybridized carbons (Fsp3) is 0.409. The molecule has 1 fully saturated rings. The highest BCUT2D eigenvalue weighted by Crippen LogP contribution is 2.40. The van der Waals surface area contributed by atoms with Gasteiger partial charge in [-0.1, -0.05) is 42.5 Å². The van der Waals surface area contributed by atoms with Crippen LogP contribution in [0.4, 0.5) is 0 Å². The van der Waals surface area contributed by atoms with Crippen molar-refractivity contribution in [2.45, 2.75) is 31.0 Å². The number of nitrogens with zero attached hydrogens (tertiary/aromatic N) is 2. The Morgan fingerprint density at radius 3 is 2.56 bits per heavy atom. The number of nitrogens with one attached hydrogen (secondary N) is 1. The number of hydrogen-bond acceptors (Lipinski definition) is 5. The highest BCUT2D eigenvalue weighted by molar-refractivity contribution is 6.01. The van der Waals surface area contributed by atoms with Gasteiger partial charge >= 0.3 is 0 Å². The number of likely N-dealkylation sites (tertiary alicyclic amines) is 1. The highest BCUT2D eigenvalue weighted by Gasteiger charge is 2.40. The third-order valence-electron chi connectivity index (χ3n) is 5.74. The lowest BCUT2D eigenvalue weighted by Crippen LogP contribution is -2.55. The monoisotopic (exact) mass is 365 g/mol. The van der Waals surface area contributed by atoms with Crippen molar-refractivity contribution in [1.29, 1.82) is 0 Å². The van der Waals surface area contributed by atoms with E-state index in [1.165, 1.54) is 0 Å². The van der Waals surface area contributed by atoms with Crippen LogP contribution in [0.1, 0.15) is 36.4 Å². The average Bonchev–Trinajstić information content (AvgIpc) is 2.71. The van der Waals surface area contributed by atoms with E-state index in [9.17, 15) is 5.11 Å². The van der Waals surface area contributed by atoms with Crippen LogP contribution in [0.25, 0.3) is 0 Å². The zero-order chi connectivity index (χ0) is 18.9. The first-order valence-corrected chi connectivity index (χ1v) is 9.56. The lowest BCUT2D eigenvalue weighted by molar-refractivity contribution is 0.144. The molecule has 2 N–H and O–H groups in total. The third-order valence-corrected chi connectivity index (χ3v) is 5.74. The summed E-state index contributed by atoms with van der Waals surface area (Å²) < 4.78 is 5.32. The standard InChI is InChI=1S/C22H27N3O2/c1-25-13-11-22(12-14-25)23-18(16-7-4-3-5-8-16)15-19(24-22)17-9-6-10-20(27-2)21(17)26/h3-10,19,24,26H,11-15H2,1-2H3. The van der Waals surface area contributed by atoms with E-state index < -0.39 is 0 Å². The molecule has 2 aliphatic heterocycles. The van der Waals surface area contributed by atoms with Gasteiger partial charge in [-0.2, -0.15) is 0 Å². The van der Waals surface area contributed by atoms with Gasteiger partial charge in [-0.3, -0.25) is 10.3 Å². The second-order valence-corrected chi connectivity index (χ2v) is 7.56. The minimum Gasteiger partial charge on any atom is -0.504 e. The molecule has 5 nitrogen and oxygen atoms in total. The predicted molar refractivity (Wildman–Crippen MR) is 108 cm³/mol. The Labute approximate surface area is 160 Å². The van der Waals surface area contributed by atoms with Gasteiger partial charge in [0.25, 0.3) is 0 Å². The maximum absolute atomic E-state index is 10.7. The summed E-state index contributed by atoms with van der Waals surface area (Å²) in [5.74, 6) is 0.727. The minimum atomic E-state index is -0.282. The smallest absolute Gasteiger partial charge is 0.162 e. The van der Waals surface area contributed by atoms with Gasteiger partial charge in [0, 0.05) is 36.8 Å². The first-order chi connectivity index (χ1) is 13.1. The number of methoxy groups -OCH3 is 1. The van der Waals surface area contributed by atoms with Crippen molar-refractivity contribution in [3.8, 4) is 11.5 Å². The maximum Gasteiger partial charge on any atom is 0.162 e. The molecule has 0 saturated carbocycles. The number of para-hydroxylation sites is 1. The number of phenolic OH excluding ortho intramolecular Hbond substituents is 1. The molecule has 142 valence electrons. The van der Waals surface area contributed by atoms with Crippen molar-refractivity contribution in [3.05, 3.63) is 59.7 Å². The molecule has 0 radical (unpaired) electrons. The molecule has 5 heteroatoms. The Morgan fingerprint density at radius 2 is 1.85 bits per heavy atom. The molecule has 1 atom stereocenters. The number of benzene rings is 2. The molecule has 27 heavy (non-hydrogen) atoms. The number of rotatable bonds is 3. The van der Waals surface area contributed by atoms with E-state index in [-0.39, 0.29) is 17.5 Å². The SMILES string of the molecule is COc1cccc(C2CC(c3ccccc3)=NC3(CCN(C)CC3)N2)c1O. The summed E-state index contributed by atoms with van der Waals surface area (Å²) >= 11 is 0. The topological polar surface area (TPSA) is 57.1 Å². The van der Waals surface area contributed by atoms with Crippen LogP contribution in [0.3, 0.4) is 0 Å². The zero-order valence-electron chi connectivity index (χ0n) is 16.0. The molecule has 2 heterocycles. The van der Waals surface area contributed by atoms with Gasteiger partial charge in [0.1, 0.15) is 5.66 Å².